The van der Waals surface area contributed by atoms with Gasteiger partial charge in [-0.1, -0.05) is 5.16 Å². The smallest absolute Gasteiger partial charge is 0.251 e. The number of aryl methyl sites for hydroxylation is 1. The number of aromatic nitrogens is 1. The molecular weight excluding hydrogens is 337 g/mol. The highest BCUT2D eigenvalue weighted by Crippen LogP contribution is 2.35. The molecule has 2 heterocycles. The monoisotopic (exact) mass is 365 g/mol. The number of amides is 1. The van der Waals surface area contributed by atoms with Crippen molar-refractivity contribution in [1.29, 1.82) is 0 Å². The van der Waals surface area contributed by atoms with Crippen molar-refractivity contribution in [3.8, 4) is 0 Å². The Morgan fingerprint density at radius 1 is 1.46 bits per heavy atom. The first-order valence-corrected chi connectivity index (χ1v) is 9.53. The topological polar surface area (TPSA) is 69.8 Å². The predicted octanol–water partition coefficient (Wildman–Crippen LogP) is 2.34. The second-order valence-corrected chi connectivity index (χ2v) is 7.21. The summed E-state index contributed by atoms with van der Waals surface area (Å²) in [5.74, 6) is 0.786. The number of nitrogens with zero attached hydrogens (tertiary/aromatic N) is 3. The number of piperidine rings is 1. The van der Waals surface area contributed by atoms with Crippen LogP contribution in [0, 0.1) is 0 Å². The molecule has 7 heteroatoms. The average molecular weight is 365 g/mol. The molecule has 1 atom stereocenters. The number of aliphatic hydroxyl groups excluding tert-OH is 1. The molecule has 1 aliphatic carbocycles. The molecule has 1 saturated heterocycles. The van der Waals surface area contributed by atoms with E-state index in [0.29, 0.717) is 31.8 Å². The van der Waals surface area contributed by atoms with Gasteiger partial charge in [0.25, 0.3) is 5.91 Å². The third-order valence-corrected chi connectivity index (χ3v) is 5.43. The lowest BCUT2D eigenvalue weighted by molar-refractivity contribution is -0.139. The summed E-state index contributed by atoms with van der Waals surface area (Å²) in [5, 5.41) is 13.7. The zero-order chi connectivity index (χ0) is 18.7. The van der Waals surface area contributed by atoms with E-state index < -0.39 is 6.10 Å². The van der Waals surface area contributed by atoms with E-state index in [2.05, 4.69) is 10.1 Å². The summed E-state index contributed by atoms with van der Waals surface area (Å²) in [6.07, 6.45) is 3.52. The van der Waals surface area contributed by atoms with E-state index >= 15 is 0 Å². The van der Waals surface area contributed by atoms with Crippen molar-refractivity contribution < 1.29 is 18.8 Å². The molecule has 144 valence electrons. The summed E-state index contributed by atoms with van der Waals surface area (Å²) in [5.41, 5.74) is 1.75. The van der Waals surface area contributed by atoms with Crippen LogP contribution < -0.4 is 0 Å². The van der Waals surface area contributed by atoms with Crippen molar-refractivity contribution >= 4 is 12.0 Å². The highest BCUT2D eigenvalue weighted by molar-refractivity contribution is 5.80. The maximum Gasteiger partial charge on any atom is 0.251 e. The van der Waals surface area contributed by atoms with Gasteiger partial charge >= 0.3 is 0 Å². The molecule has 26 heavy (non-hydrogen) atoms. The van der Waals surface area contributed by atoms with Crippen LogP contribution in [0.3, 0.4) is 0 Å². The molecule has 3 rings (SSSR count). The molecule has 0 bridgehead atoms. The number of aliphatic hydroxyl groups is 1. The molecule has 0 saturated carbocycles. The minimum atomic E-state index is -0.951. The first-order chi connectivity index (χ1) is 12.5. The number of hydrogen-bond donors (Lipinski definition) is 1. The summed E-state index contributed by atoms with van der Waals surface area (Å²) in [4.78, 5) is 15.9. The summed E-state index contributed by atoms with van der Waals surface area (Å²) < 4.78 is 19.0. The van der Waals surface area contributed by atoms with E-state index in [1.54, 1.807) is 11.0 Å². The Balaban J connectivity index is 1.53. The van der Waals surface area contributed by atoms with E-state index in [0.717, 1.165) is 49.5 Å². The summed E-state index contributed by atoms with van der Waals surface area (Å²) in [6.45, 7) is 7.28. The quantitative estimate of drug-likeness (QED) is 0.838. The minimum Gasteiger partial charge on any atom is -0.384 e. The second-order valence-electron chi connectivity index (χ2n) is 7.21. The Morgan fingerprint density at radius 3 is 2.85 bits per heavy atom. The standard InChI is InChI=1S/C19H28FN3O3/c1-3-23(19(25)13(2)24)11-10-22-8-6-14(7-9-22)18-16-12-15(20)4-5-17(16)26-21-18/h12-14,24H,3-11H2,1-2H3/t13-/m0/s1. The van der Waals surface area contributed by atoms with E-state index in [1.807, 2.05) is 6.92 Å². The Bertz CT molecular complexity index is 663. The molecule has 1 N–H and O–H groups in total. The van der Waals surface area contributed by atoms with Gasteiger partial charge in [-0.3, -0.25) is 4.79 Å². The van der Waals surface area contributed by atoms with Gasteiger partial charge in [-0.25, -0.2) is 4.39 Å². The van der Waals surface area contributed by atoms with E-state index in [9.17, 15) is 14.3 Å². The van der Waals surface area contributed by atoms with Crippen molar-refractivity contribution in [2.24, 2.45) is 0 Å². The van der Waals surface area contributed by atoms with E-state index in [-0.39, 0.29) is 11.7 Å². The minimum absolute atomic E-state index is 0.0955. The molecular formula is C19H28FN3O3. The lowest BCUT2D eigenvalue weighted by Gasteiger charge is -2.33. The third kappa shape index (κ3) is 4.15. The molecule has 0 unspecified atom stereocenters. The van der Waals surface area contributed by atoms with Crippen LogP contribution in [-0.4, -0.2) is 64.8 Å². The fourth-order valence-corrected chi connectivity index (χ4v) is 3.82. The number of carbonyl (C=O) groups is 1. The van der Waals surface area contributed by atoms with Crippen molar-refractivity contribution in [3.05, 3.63) is 22.8 Å². The van der Waals surface area contributed by atoms with Crippen LogP contribution in [-0.2, 0) is 11.2 Å². The number of halogens is 1. The molecule has 1 aliphatic heterocycles. The predicted molar refractivity (Wildman–Crippen MR) is 96.3 cm³/mol. The zero-order valence-corrected chi connectivity index (χ0v) is 15.6. The first kappa shape index (κ1) is 19.0. The Labute approximate surface area is 153 Å². The van der Waals surface area contributed by atoms with Crippen LogP contribution >= 0.6 is 0 Å². The van der Waals surface area contributed by atoms with Crippen molar-refractivity contribution in [2.75, 3.05) is 32.7 Å². The average Bonchev–Trinajstić information content (AvgIpc) is 3.05. The Morgan fingerprint density at radius 2 is 2.19 bits per heavy atom. The van der Waals surface area contributed by atoms with Crippen LogP contribution in [0.4, 0.5) is 4.39 Å². The molecule has 1 fully saturated rings. The first-order valence-electron chi connectivity index (χ1n) is 9.53. The van der Waals surface area contributed by atoms with Gasteiger partial charge < -0.3 is 19.4 Å². The van der Waals surface area contributed by atoms with Gasteiger partial charge in [0, 0.05) is 44.0 Å². The van der Waals surface area contributed by atoms with Gasteiger partial charge in [0.05, 0.1) is 5.69 Å². The molecule has 2 aliphatic rings. The molecule has 1 aromatic heterocycles. The summed E-state index contributed by atoms with van der Waals surface area (Å²) in [6, 6.07) is 0. The van der Waals surface area contributed by atoms with Gasteiger partial charge in [0.2, 0.25) is 0 Å². The largest absolute Gasteiger partial charge is 0.384 e. The maximum atomic E-state index is 13.6. The van der Waals surface area contributed by atoms with Crippen LogP contribution in [0.25, 0.3) is 6.08 Å². The van der Waals surface area contributed by atoms with Gasteiger partial charge in [0.1, 0.15) is 17.7 Å². The fourth-order valence-electron chi connectivity index (χ4n) is 3.82. The number of hydrogen-bond acceptors (Lipinski definition) is 5. The number of likely N-dealkylation sites (tertiary alicyclic amines) is 1. The van der Waals surface area contributed by atoms with Gasteiger partial charge in [0.15, 0.2) is 0 Å². The third-order valence-electron chi connectivity index (χ3n) is 5.43. The molecule has 0 aromatic carbocycles. The molecule has 0 radical (unpaired) electrons. The summed E-state index contributed by atoms with van der Waals surface area (Å²) in [7, 11) is 0. The van der Waals surface area contributed by atoms with Crippen LogP contribution in [0.15, 0.2) is 10.3 Å². The number of fused-ring (bicyclic) bond motifs is 1. The number of likely N-dealkylation sites (N-methyl/N-ethyl adjacent to an activating group) is 1. The van der Waals surface area contributed by atoms with E-state index in [1.165, 1.54) is 6.92 Å². The van der Waals surface area contributed by atoms with Gasteiger partial charge in [-0.15, -0.1) is 0 Å². The van der Waals surface area contributed by atoms with Crippen molar-refractivity contribution in [1.82, 2.24) is 15.0 Å². The molecule has 1 aromatic rings. The lowest BCUT2D eigenvalue weighted by atomic mass is 9.89. The SMILES string of the molecule is CCN(CCN1CCC(c2noc3c2C=C(F)CC3)CC1)C(=O)[C@H](C)O. The molecule has 0 spiro atoms. The maximum absolute atomic E-state index is 13.6. The molecule has 1 amide bonds. The van der Waals surface area contributed by atoms with Crippen molar-refractivity contribution in [3.63, 3.8) is 0 Å². The highest BCUT2D eigenvalue weighted by Gasteiger charge is 2.29. The normalized spacial score (nSPS) is 19.8. The molecule has 6 nitrogen and oxygen atoms in total. The van der Waals surface area contributed by atoms with Gasteiger partial charge in [-0.05, 0) is 45.9 Å². The number of allylic oxidation sites excluding steroid dienone is 1. The summed E-state index contributed by atoms with van der Waals surface area (Å²) >= 11 is 0. The number of rotatable bonds is 6. The van der Waals surface area contributed by atoms with Crippen LogP contribution in [0.5, 0.6) is 0 Å². The van der Waals surface area contributed by atoms with Crippen LogP contribution in [0.2, 0.25) is 0 Å². The Hall–Kier alpha value is -1.73. The second kappa shape index (κ2) is 8.31. The number of carbonyl (C=O) groups excluding carboxylic acids is 1. The highest BCUT2D eigenvalue weighted by atomic mass is 19.1. The van der Waals surface area contributed by atoms with E-state index in [4.69, 9.17) is 4.52 Å². The van der Waals surface area contributed by atoms with Crippen molar-refractivity contribution in [2.45, 2.75) is 51.6 Å². The fraction of sp³-hybridized carbons (Fsp3) is 0.684. The zero-order valence-electron chi connectivity index (χ0n) is 15.6. The van der Waals surface area contributed by atoms with Gasteiger partial charge in [-0.2, -0.15) is 0 Å². The van der Waals surface area contributed by atoms with Crippen LogP contribution in [0.1, 0.15) is 56.0 Å². The Kier molecular flexibility index (Phi) is 6.09. The lowest BCUT2D eigenvalue weighted by Crippen LogP contribution is -2.44.